The fraction of sp³-hybridized carbons (Fsp3) is 0.556. The summed E-state index contributed by atoms with van der Waals surface area (Å²) in [5.74, 6) is 0.759. The molecule has 0 aliphatic carbocycles. The molecule has 0 spiro atoms. The molecule has 1 heterocycles. The standard InChI is InChI=1S/C9H14NO/c1-3-4-5-6-9-7-11-8(2)10-9/h7H,1,3-6H2,2H3. The smallest absolute Gasteiger partial charge is 0.191 e. The van der Waals surface area contributed by atoms with Crippen LogP contribution in [0.15, 0.2) is 10.7 Å². The molecular weight excluding hydrogens is 138 g/mol. The highest BCUT2D eigenvalue weighted by Crippen LogP contribution is 2.05. The Balaban J connectivity index is 2.27. The summed E-state index contributed by atoms with van der Waals surface area (Å²) in [5.41, 5.74) is 1.07. The van der Waals surface area contributed by atoms with Crippen LogP contribution in [0.1, 0.15) is 30.8 Å². The lowest BCUT2D eigenvalue weighted by molar-refractivity contribution is 0.520. The van der Waals surface area contributed by atoms with E-state index in [1.165, 1.54) is 6.42 Å². The Morgan fingerprint density at radius 1 is 1.55 bits per heavy atom. The Bertz CT molecular complexity index is 205. The van der Waals surface area contributed by atoms with Crippen LogP contribution in [0.5, 0.6) is 0 Å². The van der Waals surface area contributed by atoms with E-state index in [4.69, 9.17) is 4.42 Å². The normalized spacial score (nSPS) is 10.4. The van der Waals surface area contributed by atoms with Gasteiger partial charge in [-0.2, -0.15) is 0 Å². The summed E-state index contributed by atoms with van der Waals surface area (Å²) in [4.78, 5) is 4.20. The second-order valence-electron chi connectivity index (χ2n) is 2.67. The first-order chi connectivity index (χ1) is 5.33. The Morgan fingerprint density at radius 2 is 2.36 bits per heavy atom. The van der Waals surface area contributed by atoms with Crippen LogP contribution >= 0.6 is 0 Å². The van der Waals surface area contributed by atoms with Crippen LogP contribution in [0.3, 0.4) is 0 Å². The van der Waals surface area contributed by atoms with E-state index in [0.717, 1.165) is 30.8 Å². The van der Waals surface area contributed by atoms with Crippen LogP contribution in [0.4, 0.5) is 0 Å². The molecule has 0 bridgehead atoms. The second-order valence-corrected chi connectivity index (χ2v) is 2.67. The maximum Gasteiger partial charge on any atom is 0.191 e. The number of aryl methyl sites for hydroxylation is 2. The van der Waals surface area contributed by atoms with E-state index in [9.17, 15) is 0 Å². The summed E-state index contributed by atoms with van der Waals surface area (Å²) in [6.45, 7) is 5.64. The molecule has 2 nitrogen and oxygen atoms in total. The average molecular weight is 152 g/mol. The van der Waals surface area contributed by atoms with Gasteiger partial charge in [-0.3, -0.25) is 0 Å². The number of unbranched alkanes of at least 4 members (excludes halogenated alkanes) is 2. The summed E-state index contributed by atoms with van der Waals surface area (Å²) in [6.07, 6.45) is 6.10. The van der Waals surface area contributed by atoms with Crippen molar-refractivity contribution in [2.75, 3.05) is 0 Å². The molecule has 2 heteroatoms. The molecule has 0 amide bonds. The molecule has 0 aliphatic rings. The molecule has 0 N–H and O–H groups in total. The van der Waals surface area contributed by atoms with Crippen molar-refractivity contribution in [3.63, 3.8) is 0 Å². The van der Waals surface area contributed by atoms with Crippen molar-refractivity contribution in [1.82, 2.24) is 4.98 Å². The average Bonchev–Trinajstić information content (AvgIpc) is 2.37. The SMILES string of the molecule is [CH2]CCCCc1coc(C)n1. The Labute approximate surface area is 67.6 Å². The van der Waals surface area contributed by atoms with Gasteiger partial charge in [-0.1, -0.05) is 19.8 Å². The van der Waals surface area contributed by atoms with Gasteiger partial charge in [0.1, 0.15) is 6.26 Å². The number of aromatic nitrogens is 1. The highest BCUT2D eigenvalue weighted by Gasteiger charge is 1.97. The second kappa shape index (κ2) is 4.16. The molecule has 0 atom stereocenters. The van der Waals surface area contributed by atoms with Crippen LogP contribution in [-0.2, 0) is 6.42 Å². The van der Waals surface area contributed by atoms with E-state index >= 15 is 0 Å². The van der Waals surface area contributed by atoms with E-state index in [2.05, 4.69) is 11.9 Å². The third-order valence-electron chi connectivity index (χ3n) is 1.60. The molecule has 61 valence electrons. The zero-order chi connectivity index (χ0) is 8.10. The van der Waals surface area contributed by atoms with Gasteiger partial charge in [0, 0.05) is 6.92 Å². The van der Waals surface area contributed by atoms with Crippen molar-refractivity contribution in [1.29, 1.82) is 0 Å². The molecule has 11 heavy (non-hydrogen) atoms. The van der Waals surface area contributed by atoms with Gasteiger partial charge in [-0.25, -0.2) is 4.98 Å². The van der Waals surface area contributed by atoms with Crippen molar-refractivity contribution >= 4 is 0 Å². The van der Waals surface area contributed by atoms with Gasteiger partial charge in [0.05, 0.1) is 5.69 Å². The van der Waals surface area contributed by atoms with Crippen molar-refractivity contribution < 1.29 is 4.42 Å². The van der Waals surface area contributed by atoms with Gasteiger partial charge in [0.25, 0.3) is 0 Å². The zero-order valence-electron chi connectivity index (χ0n) is 6.97. The summed E-state index contributed by atoms with van der Waals surface area (Å²) in [5, 5.41) is 0. The summed E-state index contributed by atoms with van der Waals surface area (Å²) >= 11 is 0. The molecule has 1 radical (unpaired) electrons. The molecule has 1 aromatic heterocycles. The Kier molecular flexibility index (Phi) is 3.14. The Morgan fingerprint density at radius 3 is 2.91 bits per heavy atom. The predicted octanol–water partition coefficient (Wildman–Crippen LogP) is 2.53. The molecular formula is C9H14NO. The quantitative estimate of drug-likeness (QED) is 0.619. The van der Waals surface area contributed by atoms with E-state index in [-0.39, 0.29) is 0 Å². The minimum atomic E-state index is 0.759. The first-order valence-electron chi connectivity index (χ1n) is 4.03. The summed E-state index contributed by atoms with van der Waals surface area (Å²) in [6, 6.07) is 0. The highest BCUT2D eigenvalue weighted by molar-refractivity contribution is 4.94. The lowest BCUT2D eigenvalue weighted by atomic mass is 10.2. The van der Waals surface area contributed by atoms with Crippen molar-refractivity contribution in [2.24, 2.45) is 0 Å². The summed E-state index contributed by atoms with van der Waals surface area (Å²) < 4.78 is 5.07. The van der Waals surface area contributed by atoms with Crippen LogP contribution in [0.2, 0.25) is 0 Å². The van der Waals surface area contributed by atoms with Gasteiger partial charge in [-0.15, -0.1) is 0 Å². The Hall–Kier alpha value is -0.790. The topological polar surface area (TPSA) is 26.0 Å². The summed E-state index contributed by atoms with van der Waals surface area (Å²) in [7, 11) is 0. The molecule has 1 rings (SSSR count). The van der Waals surface area contributed by atoms with Crippen LogP contribution in [-0.4, -0.2) is 4.98 Å². The molecule has 1 aromatic rings. The van der Waals surface area contributed by atoms with Gasteiger partial charge in [-0.05, 0) is 12.8 Å². The lowest BCUT2D eigenvalue weighted by Crippen LogP contribution is -1.84. The van der Waals surface area contributed by atoms with E-state index in [1.54, 1.807) is 6.26 Å². The van der Waals surface area contributed by atoms with E-state index in [0.29, 0.717) is 0 Å². The van der Waals surface area contributed by atoms with Crippen LogP contribution < -0.4 is 0 Å². The number of rotatable bonds is 4. The van der Waals surface area contributed by atoms with E-state index in [1.807, 2.05) is 6.92 Å². The fourth-order valence-corrected chi connectivity index (χ4v) is 1.01. The minimum absolute atomic E-state index is 0.759. The van der Waals surface area contributed by atoms with Gasteiger partial charge >= 0.3 is 0 Å². The maximum absolute atomic E-state index is 5.07. The van der Waals surface area contributed by atoms with Gasteiger partial charge in [0.15, 0.2) is 5.89 Å². The van der Waals surface area contributed by atoms with Crippen molar-refractivity contribution in [3.8, 4) is 0 Å². The number of oxazole rings is 1. The van der Waals surface area contributed by atoms with Crippen molar-refractivity contribution in [2.45, 2.75) is 32.6 Å². The first-order valence-corrected chi connectivity index (χ1v) is 4.03. The number of hydrogen-bond donors (Lipinski definition) is 0. The number of hydrogen-bond acceptors (Lipinski definition) is 2. The molecule has 0 aliphatic heterocycles. The largest absolute Gasteiger partial charge is 0.449 e. The third-order valence-corrected chi connectivity index (χ3v) is 1.60. The van der Waals surface area contributed by atoms with Crippen LogP contribution in [0, 0.1) is 13.8 Å². The molecule has 0 aromatic carbocycles. The fourth-order valence-electron chi connectivity index (χ4n) is 1.01. The zero-order valence-corrected chi connectivity index (χ0v) is 6.97. The molecule has 0 saturated heterocycles. The van der Waals surface area contributed by atoms with Gasteiger partial charge < -0.3 is 4.42 Å². The lowest BCUT2D eigenvalue weighted by Gasteiger charge is -1.92. The first kappa shape index (κ1) is 8.31. The maximum atomic E-state index is 5.07. The van der Waals surface area contributed by atoms with Crippen molar-refractivity contribution in [3.05, 3.63) is 24.8 Å². The highest BCUT2D eigenvalue weighted by atomic mass is 16.3. The molecule has 0 unspecified atom stereocenters. The van der Waals surface area contributed by atoms with Crippen LogP contribution in [0.25, 0.3) is 0 Å². The monoisotopic (exact) mass is 152 g/mol. The predicted molar refractivity (Wildman–Crippen MR) is 44.2 cm³/mol. The minimum Gasteiger partial charge on any atom is -0.449 e. The molecule has 0 saturated carbocycles. The molecule has 0 fully saturated rings. The number of nitrogens with zero attached hydrogens (tertiary/aromatic N) is 1. The third kappa shape index (κ3) is 2.74. The van der Waals surface area contributed by atoms with Gasteiger partial charge in [0.2, 0.25) is 0 Å². The van der Waals surface area contributed by atoms with E-state index < -0.39 is 0 Å².